The Hall–Kier alpha value is -2.35. The summed E-state index contributed by atoms with van der Waals surface area (Å²) in [7, 11) is 0. The van der Waals surface area contributed by atoms with E-state index in [4.69, 9.17) is 0 Å². The van der Waals surface area contributed by atoms with Crippen LogP contribution in [0.2, 0.25) is 0 Å². The largest absolute Gasteiger partial charge is 0.240 e. The molecule has 0 amide bonds. The summed E-state index contributed by atoms with van der Waals surface area (Å²) >= 11 is 0. The van der Waals surface area contributed by atoms with Gasteiger partial charge in [0, 0.05) is 24.3 Å². The van der Waals surface area contributed by atoms with Crippen LogP contribution in [0.1, 0.15) is 58.1 Å². The third-order valence-corrected chi connectivity index (χ3v) is 7.77. The van der Waals surface area contributed by atoms with E-state index in [2.05, 4.69) is 92.3 Å². The Bertz CT molecular complexity index is 1210. The van der Waals surface area contributed by atoms with E-state index in [9.17, 15) is 0 Å². The number of rotatable bonds is 3. The Morgan fingerprint density at radius 3 is 2.30 bits per heavy atom. The van der Waals surface area contributed by atoms with Gasteiger partial charge in [-0.15, -0.1) is 4.52 Å². The lowest BCUT2D eigenvalue weighted by Gasteiger charge is -2.45. The first-order valence-corrected chi connectivity index (χ1v) is 10.4. The Morgan fingerprint density at radius 2 is 1.59 bits per heavy atom. The van der Waals surface area contributed by atoms with Gasteiger partial charge in [-0.25, -0.2) is 0 Å². The Kier molecular flexibility index (Phi) is 3.32. The lowest BCUT2D eigenvalue weighted by molar-refractivity contribution is -0.811. The molecule has 0 saturated heterocycles. The molecule has 0 radical (unpaired) electrons. The van der Waals surface area contributed by atoms with Crippen molar-refractivity contribution in [2.75, 3.05) is 0 Å². The molecule has 0 aliphatic carbocycles. The monoisotopic (exact) mass is 357 g/mol. The number of hydrogen-bond acceptors (Lipinski definition) is 0. The van der Waals surface area contributed by atoms with Crippen LogP contribution in [0.15, 0.2) is 48.5 Å². The predicted molar refractivity (Wildman–Crippen MR) is 114 cm³/mol. The summed E-state index contributed by atoms with van der Waals surface area (Å²) in [5, 5.41) is 2.75. The van der Waals surface area contributed by atoms with Gasteiger partial charge in [-0.1, -0.05) is 55.8 Å². The van der Waals surface area contributed by atoms with Gasteiger partial charge in [-0.3, -0.25) is 0 Å². The van der Waals surface area contributed by atoms with Crippen LogP contribution in [-0.4, -0.2) is 4.52 Å². The van der Waals surface area contributed by atoms with Gasteiger partial charge in [-0.05, 0) is 43.5 Å². The number of benzene rings is 2. The van der Waals surface area contributed by atoms with Crippen LogP contribution in [0.5, 0.6) is 0 Å². The number of aryl methyl sites for hydroxylation is 1. The third kappa shape index (κ3) is 1.70. The molecule has 0 saturated carbocycles. The van der Waals surface area contributed by atoms with E-state index >= 15 is 0 Å². The van der Waals surface area contributed by atoms with Crippen molar-refractivity contribution in [3.8, 4) is 0 Å². The van der Waals surface area contributed by atoms with Gasteiger partial charge in [0.2, 0.25) is 11.1 Å². The number of pyridine rings is 1. The zero-order valence-corrected chi connectivity index (χ0v) is 17.1. The van der Waals surface area contributed by atoms with Crippen LogP contribution in [0, 0.1) is 6.92 Å². The van der Waals surface area contributed by atoms with Crippen molar-refractivity contribution in [3.05, 3.63) is 59.7 Å². The molecule has 2 nitrogen and oxygen atoms in total. The fraction of sp³-hybridized carbons (Fsp3) is 0.400. The molecule has 3 heterocycles. The Labute approximate surface area is 161 Å². The van der Waals surface area contributed by atoms with Crippen LogP contribution in [0.3, 0.4) is 0 Å². The maximum Gasteiger partial charge on any atom is 0.240 e. The predicted octanol–water partition coefficient (Wildman–Crippen LogP) is 6.04. The lowest BCUT2D eigenvalue weighted by Crippen LogP contribution is -2.70. The van der Waals surface area contributed by atoms with Crippen LogP contribution in [0.25, 0.3) is 27.3 Å². The summed E-state index contributed by atoms with van der Waals surface area (Å²) in [6.07, 6.45) is 3.38. The summed E-state index contributed by atoms with van der Waals surface area (Å²) in [6, 6.07) is 18.3. The van der Waals surface area contributed by atoms with Crippen LogP contribution < -0.4 is 4.68 Å². The lowest BCUT2D eigenvalue weighted by atomic mass is 9.61. The maximum atomic E-state index is 2.66. The molecule has 0 N–H and O–H groups in total. The summed E-state index contributed by atoms with van der Waals surface area (Å²) in [6.45, 7) is 11.9. The molecule has 1 aliphatic heterocycles. The summed E-state index contributed by atoms with van der Waals surface area (Å²) in [5.41, 5.74) is 7.15. The number of nitrogens with zero attached hydrogens (tertiary/aromatic N) is 2. The van der Waals surface area contributed by atoms with E-state index in [-0.39, 0.29) is 11.0 Å². The highest BCUT2D eigenvalue weighted by molar-refractivity contribution is 5.98. The first-order chi connectivity index (χ1) is 13.0. The van der Waals surface area contributed by atoms with Crippen LogP contribution >= 0.6 is 0 Å². The van der Waals surface area contributed by atoms with E-state index in [1.807, 2.05) is 0 Å². The average Bonchev–Trinajstić information content (AvgIpc) is 3.04. The van der Waals surface area contributed by atoms with Crippen LogP contribution in [-0.2, 0) is 11.0 Å². The highest BCUT2D eigenvalue weighted by Gasteiger charge is 2.59. The molecule has 138 valence electrons. The molecule has 1 atom stereocenters. The number of hydrogen-bond donors (Lipinski definition) is 0. The molecule has 1 aliphatic rings. The normalized spacial score (nSPS) is 20.9. The van der Waals surface area contributed by atoms with Crippen molar-refractivity contribution < 1.29 is 4.68 Å². The molecule has 2 heteroatoms. The third-order valence-electron chi connectivity index (χ3n) is 7.77. The molecule has 5 rings (SSSR count). The number of aromatic nitrogens is 2. The summed E-state index contributed by atoms with van der Waals surface area (Å²) in [4.78, 5) is 0. The molecular formula is C25H29N2+. The van der Waals surface area contributed by atoms with Gasteiger partial charge in [0.15, 0.2) is 0 Å². The molecule has 27 heavy (non-hydrogen) atoms. The minimum Gasteiger partial charge on any atom is -0.119 e. The van der Waals surface area contributed by atoms with Gasteiger partial charge in [0.1, 0.15) is 11.0 Å². The van der Waals surface area contributed by atoms with Crippen molar-refractivity contribution in [2.24, 2.45) is 0 Å². The zero-order valence-electron chi connectivity index (χ0n) is 17.1. The maximum absolute atomic E-state index is 2.66. The number of para-hydroxylation sites is 2. The SMILES string of the molecule is CCC1(C)c2cccc3c(C)cc4c5ccccc5[n+](n4c23)C1(CC)CC. The molecule has 2 aromatic carbocycles. The quantitative estimate of drug-likeness (QED) is 0.395. The smallest absolute Gasteiger partial charge is 0.119 e. The molecule has 4 aromatic rings. The highest BCUT2D eigenvalue weighted by atomic mass is 15.4. The van der Waals surface area contributed by atoms with Gasteiger partial charge < -0.3 is 0 Å². The molecule has 0 spiro atoms. The second-order valence-corrected chi connectivity index (χ2v) is 8.48. The average molecular weight is 358 g/mol. The molecule has 0 bridgehead atoms. The number of fused-ring (bicyclic) bond motifs is 3. The second-order valence-electron chi connectivity index (χ2n) is 8.48. The van der Waals surface area contributed by atoms with Crippen LogP contribution in [0.4, 0.5) is 0 Å². The summed E-state index contributed by atoms with van der Waals surface area (Å²) in [5.74, 6) is 0. The van der Waals surface area contributed by atoms with Crippen molar-refractivity contribution >= 4 is 27.3 Å². The van der Waals surface area contributed by atoms with E-state index in [1.54, 1.807) is 0 Å². The van der Waals surface area contributed by atoms with Gasteiger partial charge in [-0.2, -0.15) is 0 Å². The fourth-order valence-electron chi connectivity index (χ4n) is 6.14. The van der Waals surface area contributed by atoms with Crippen molar-refractivity contribution in [1.82, 2.24) is 4.52 Å². The molecule has 1 unspecified atom stereocenters. The second kappa shape index (κ2) is 5.34. The minimum absolute atomic E-state index is 0.0598. The first-order valence-electron chi connectivity index (χ1n) is 10.4. The van der Waals surface area contributed by atoms with E-state index in [1.165, 1.54) is 38.4 Å². The summed E-state index contributed by atoms with van der Waals surface area (Å²) < 4.78 is 5.21. The topological polar surface area (TPSA) is 8.29 Å². The van der Waals surface area contributed by atoms with Crippen molar-refractivity contribution in [1.29, 1.82) is 0 Å². The molecular weight excluding hydrogens is 328 g/mol. The fourth-order valence-corrected chi connectivity index (χ4v) is 6.14. The van der Waals surface area contributed by atoms with Crippen molar-refractivity contribution in [3.63, 3.8) is 0 Å². The minimum atomic E-state index is 0.0598. The molecule has 2 aromatic heterocycles. The van der Waals surface area contributed by atoms with E-state index in [0.717, 1.165) is 19.3 Å². The van der Waals surface area contributed by atoms with E-state index < -0.39 is 0 Å². The van der Waals surface area contributed by atoms with Gasteiger partial charge in [0.05, 0.1) is 10.8 Å². The zero-order chi connectivity index (χ0) is 19.0. The molecule has 0 fully saturated rings. The standard InChI is InChI=1S/C25H29N2/c1-6-24(5)20-14-11-13-18-17(4)16-22-19-12-9-10-15-21(19)27(26(22)23(18)20)25(24,7-2)8-3/h9-16H,6-8H2,1-5H3/q+1. The first kappa shape index (κ1) is 16.8. The van der Waals surface area contributed by atoms with Gasteiger partial charge >= 0.3 is 0 Å². The Morgan fingerprint density at radius 1 is 0.889 bits per heavy atom. The van der Waals surface area contributed by atoms with Gasteiger partial charge in [0.25, 0.3) is 0 Å². The highest BCUT2D eigenvalue weighted by Crippen LogP contribution is 2.50. The van der Waals surface area contributed by atoms with Crippen molar-refractivity contribution in [2.45, 2.75) is 64.8 Å². The van der Waals surface area contributed by atoms with E-state index in [0.29, 0.717) is 0 Å². The Balaban J connectivity index is 2.20.